The van der Waals surface area contributed by atoms with Crippen molar-refractivity contribution in [1.29, 1.82) is 0 Å². The maximum atomic E-state index is 14.0. The summed E-state index contributed by atoms with van der Waals surface area (Å²) in [5.41, 5.74) is 0.622. The number of anilines is 2. The number of benzene rings is 2. The standard InChI is InChI=1S/C35H41F3N6O4Si/c1-23-29(44(25-17-12-9-13-18-25)42-32(23)47-22-26(21-46-5)48-49(6,7)34(2,3)4)40-33(45)41-31-28(24-15-10-8-11-16-24)39-30-27(35(36,37)38)19-14-20-43(30)31/h8-20,26H,21-22H2,1-7H3,(H2,40,41,45). The van der Waals surface area contributed by atoms with Gasteiger partial charge in [0.05, 0.1) is 23.4 Å². The Balaban J connectivity index is 1.48. The minimum atomic E-state index is -4.66. The lowest BCUT2D eigenvalue weighted by Crippen LogP contribution is -2.46. The molecule has 2 amide bonds. The Bertz CT molecular complexity index is 1900. The molecular weight excluding hydrogens is 654 g/mol. The summed E-state index contributed by atoms with van der Waals surface area (Å²) in [6.45, 7) is 13.0. The molecule has 0 bridgehead atoms. The van der Waals surface area contributed by atoms with Gasteiger partial charge in [-0.25, -0.2) is 14.5 Å². The van der Waals surface area contributed by atoms with Crippen molar-refractivity contribution in [2.75, 3.05) is 31.0 Å². The number of alkyl halides is 3. The van der Waals surface area contributed by atoms with E-state index >= 15 is 0 Å². The van der Waals surface area contributed by atoms with E-state index in [9.17, 15) is 18.0 Å². The number of pyridine rings is 1. The number of methoxy groups -OCH3 is 1. The summed E-state index contributed by atoms with van der Waals surface area (Å²) in [4.78, 5) is 18.1. The van der Waals surface area contributed by atoms with Crippen LogP contribution in [0, 0.1) is 6.92 Å². The fraction of sp³-hybridized carbons (Fsp3) is 0.343. The Hall–Kier alpha value is -4.66. The molecule has 3 aromatic heterocycles. The molecule has 0 saturated heterocycles. The van der Waals surface area contributed by atoms with Crippen molar-refractivity contribution in [2.24, 2.45) is 0 Å². The summed E-state index contributed by atoms with van der Waals surface area (Å²) in [5, 5.41) is 10.3. The first-order valence-corrected chi connectivity index (χ1v) is 18.7. The number of nitrogens with zero attached hydrogens (tertiary/aromatic N) is 4. The SMILES string of the molecule is COCC(COc1nn(-c2ccccc2)c(NC(=O)Nc2c(-c3ccccc3)nc3c(C(F)(F)F)cccn23)c1C)O[Si](C)(C)C(C)(C)C. The molecule has 1 unspecified atom stereocenters. The average molecular weight is 695 g/mol. The molecule has 1 atom stereocenters. The van der Waals surface area contributed by atoms with Crippen LogP contribution in [0.25, 0.3) is 22.6 Å². The van der Waals surface area contributed by atoms with Gasteiger partial charge in [0.2, 0.25) is 5.88 Å². The molecule has 0 saturated carbocycles. The van der Waals surface area contributed by atoms with Gasteiger partial charge in [-0.05, 0) is 49.3 Å². The summed E-state index contributed by atoms with van der Waals surface area (Å²) >= 11 is 0. The van der Waals surface area contributed by atoms with E-state index in [1.807, 2.05) is 30.3 Å². The van der Waals surface area contributed by atoms with Crippen molar-refractivity contribution in [1.82, 2.24) is 19.2 Å². The molecule has 0 spiro atoms. The number of aromatic nitrogens is 4. The fourth-order valence-electron chi connectivity index (χ4n) is 5.04. The maximum absolute atomic E-state index is 14.0. The van der Waals surface area contributed by atoms with E-state index in [0.717, 1.165) is 6.07 Å². The highest BCUT2D eigenvalue weighted by atomic mass is 28.4. The zero-order valence-electron chi connectivity index (χ0n) is 28.6. The van der Waals surface area contributed by atoms with E-state index in [1.54, 1.807) is 49.0 Å². The van der Waals surface area contributed by atoms with Crippen molar-refractivity contribution in [3.63, 3.8) is 0 Å². The lowest BCUT2D eigenvalue weighted by Gasteiger charge is -2.39. The summed E-state index contributed by atoms with van der Waals surface area (Å²) in [6.07, 6.45) is -3.59. The van der Waals surface area contributed by atoms with Gasteiger partial charge in [-0.2, -0.15) is 13.2 Å². The van der Waals surface area contributed by atoms with Crippen LogP contribution in [-0.2, 0) is 15.3 Å². The molecule has 0 aliphatic carbocycles. The molecule has 2 N–H and O–H groups in total. The number of rotatable bonds is 11. The molecule has 0 aliphatic heterocycles. The summed E-state index contributed by atoms with van der Waals surface area (Å²) < 4.78 is 62.9. The largest absolute Gasteiger partial charge is 0.474 e. The van der Waals surface area contributed by atoms with Gasteiger partial charge in [-0.15, -0.1) is 5.10 Å². The number of nitrogens with one attached hydrogen (secondary N) is 2. The molecule has 0 radical (unpaired) electrons. The molecule has 14 heteroatoms. The monoisotopic (exact) mass is 694 g/mol. The van der Waals surface area contributed by atoms with Gasteiger partial charge in [0.1, 0.15) is 30.0 Å². The van der Waals surface area contributed by atoms with Gasteiger partial charge in [0.25, 0.3) is 0 Å². The second-order valence-electron chi connectivity index (χ2n) is 13.2. The average Bonchev–Trinajstić information content (AvgIpc) is 3.56. The minimum absolute atomic E-state index is 0.0240. The van der Waals surface area contributed by atoms with Crippen LogP contribution in [0.5, 0.6) is 5.88 Å². The number of para-hydroxylation sites is 1. The van der Waals surface area contributed by atoms with E-state index in [0.29, 0.717) is 29.2 Å². The van der Waals surface area contributed by atoms with Crippen LogP contribution < -0.4 is 15.4 Å². The van der Waals surface area contributed by atoms with E-state index in [1.165, 1.54) is 16.7 Å². The highest BCUT2D eigenvalue weighted by molar-refractivity contribution is 6.74. The highest BCUT2D eigenvalue weighted by Gasteiger charge is 2.39. The van der Waals surface area contributed by atoms with Gasteiger partial charge in [0.15, 0.2) is 14.0 Å². The fourth-order valence-corrected chi connectivity index (χ4v) is 6.36. The Labute approximate surface area is 284 Å². The lowest BCUT2D eigenvalue weighted by molar-refractivity contribution is -0.136. The van der Waals surface area contributed by atoms with Gasteiger partial charge >= 0.3 is 12.2 Å². The molecule has 0 aliphatic rings. The molecule has 3 heterocycles. The number of halogens is 3. The summed E-state index contributed by atoms with van der Waals surface area (Å²) in [6, 6.07) is 19.4. The number of urea groups is 1. The maximum Gasteiger partial charge on any atom is 0.419 e. The molecule has 260 valence electrons. The highest BCUT2D eigenvalue weighted by Crippen LogP contribution is 2.38. The van der Waals surface area contributed by atoms with E-state index in [4.69, 9.17) is 13.9 Å². The second kappa shape index (κ2) is 14.1. The third-order valence-corrected chi connectivity index (χ3v) is 13.1. The van der Waals surface area contributed by atoms with Gasteiger partial charge in [0, 0.05) is 18.9 Å². The Morgan fingerprint density at radius 3 is 2.16 bits per heavy atom. The number of hydrogen-bond donors (Lipinski definition) is 2. The second-order valence-corrected chi connectivity index (χ2v) is 17.9. The molecule has 49 heavy (non-hydrogen) atoms. The summed E-state index contributed by atoms with van der Waals surface area (Å²) in [5.74, 6) is 0.641. The predicted molar refractivity (Wildman–Crippen MR) is 186 cm³/mol. The van der Waals surface area contributed by atoms with E-state index in [2.05, 4.69) is 54.6 Å². The quantitative estimate of drug-likeness (QED) is 0.134. The normalized spacial score (nSPS) is 13.0. The number of fused-ring (bicyclic) bond motifs is 1. The van der Waals surface area contributed by atoms with Crippen LogP contribution in [0.2, 0.25) is 18.1 Å². The molecule has 2 aromatic carbocycles. The van der Waals surface area contributed by atoms with Gasteiger partial charge < -0.3 is 13.9 Å². The Morgan fingerprint density at radius 2 is 1.55 bits per heavy atom. The lowest BCUT2D eigenvalue weighted by atomic mass is 10.1. The van der Waals surface area contributed by atoms with Crippen molar-refractivity contribution in [3.8, 4) is 22.8 Å². The number of carbonyl (C=O) groups is 1. The number of ether oxygens (including phenoxy) is 2. The van der Waals surface area contributed by atoms with Crippen LogP contribution in [0.15, 0.2) is 79.0 Å². The van der Waals surface area contributed by atoms with Crippen LogP contribution in [0.1, 0.15) is 31.9 Å². The van der Waals surface area contributed by atoms with Crippen LogP contribution in [-0.4, -0.2) is 59.9 Å². The van der Waals surface area contributed by atoms with Crippen molar-refractivity contribution in [3.05, 3.63) is 90.1 Å². The van der Waals surface area contributed by atoms with Crippen molar-refractivity contribution < 1.29 is 31.9 Å². The molecule has 5 aromatic rings. The molecule has 0 fully saturated rings. The summed E-state index contributed by atoms with van der Waals surface area (Å²) in [7, 11) is -0.546. The predicted octanol–water partition coefficient (Wildman–Crippen LogP) is 8.57. The number of carbonyl (C=O) groups excluding carboxylic acids is 1. The zero-order valence-corrected chi connectivity index (χ0v) is 29.6. The number of amides is 2. The first kappa shape index (κ1) is 35.6. The Morgan fingerprint density at radius 1 is 0.918 bits per heavy atom. The van der Waals surface area contributed by atoms with Gasteiger partial charge in [-0.1, -0.05) is 69.3 Å². The number of imidazole rings is 1. The van der Waals surface area contributed by atoms with Gasteiger partial charge in [-0.3, -0.25) is 15.0 Å². The van der Waals surface area contributed by atoms with Crippen LogP contribution >= 0.6 is 0 Å². The van der Waals surface area contributed by atoms with E-state index < -0.39 is 26.1 Å². The topological polar surface area (TPSA) is 104 Å². The molecule has 10 nitrogen and oxygen atoms in total. The molecule has 5 rings (SSSR count). The smallest absolute Gasteiger partial charge is 0.419 e. The third-order valence-electron chi connectivity index (χ3n) is 8.57. The first-order chi connectivity index (χ1) is 23.1. The van der Waals surface area contributed by atoms with Crippen molar-refractivity contribution >= 4 is 31.6 Å². The van der Waals surface area contributed by atoms with Crippen molar-refractivity contribution in [2.45, 2.75) is 58.1 Å². The third kappa shape index (κ3) is 7.82. The van der Waals surface area contributed by atoms with E-state index in [-0.39, 0.29) is 40.8 Å². The first-order valence-electron chi connectivity index (χ1n) is 15.8. The molecular formula is C35H41F3N6O4Si. The number of hydrogen-bond acceptors (Lipinski definition) is 6. The van der Waals surface area contributed by atoms with Crippen LogP contribution in [0.4, 0.5) is 29.6 Å². The zero-order chi connectivity index (χ0) is 35.6. The minimum Gasteiger partial charge on any atom is -0.474 e. The van der Waals surface area contributed by atoms with Crippen LogP contribution in [0.3, 0.4) is 0 Å². The Kier molecular flexibility index (Phi) is 10.2.